The summed E-state index contributed by atoms with van der Waals surface area (Å²) < 4.78 is 3.70. The number of aryl methyl sites for hydroxylation is 1. The van der Waals surface area contributed by atoms with E-state index in [1.807, 2.05) is 24.0 Å². The molecule has 0 aliphatic carbocycles. The molecule has 2 aromatic heterocycles. The first kappa shape index (κ1) is 9.51. The van der Waals surface area contributed by atoms with Crippen LogP contribution in [0.15, 0.2) is 37.4 Å². The topological polar surface area (TPSA) is 47.7 Å². The van der Waals surface area contributed by atoms with Crippen molar-refractivity contribution in [1.82, 2.24) is 19.3 Å². The Morgan fingerprint density at radius 2 is 2.47 bits per heavy atom. The Balaban J connectivity index is 2.28. The fourth-order valence-corrected chi connectivity index (χ4v) is 1.34. The molecule has 2 aromatic rings. The Morgan fingerprint density at radius 3 is 3.13 bits per heavy atom. The number of rotatable bonds is 4. The minimum atomic E-state index is 0.692. The quantitative estimate of drug-likeness (QED) is 0.760. The summed E-state index contributed by atoms with van der Waals surface area (Å²) >= 11 is 0. The molecule has 15 heavy (non-hydrogen) atoms. The maximum atomic E-state index is 4.21. The van der Waals surface area contributed by atoms with Crippen molar-refractivity contribution in [2.75, 3.05) is 11.9 Å². The predicted molar refractivity (Wildman–Crippen MR) is 59.0 cm³/mol. The van der Waals surface area contributed by atoms with Gasteiger partial charge in [-0.15, -0.1) is 6.58 Å². The molecule has 0 saturated heterocycles. The number of nitrogens with one attached hydrogen (secondary N) is 1. The molecule has 2 heterocycles. The number of nitrogens with zero attached hydrogens (tertiary/aromatic N) is 4. The second-order valence-corrected chi connectivity index (χ2v) is 3.16. The van der Waals surface area contributed by atoms with Gasteiger partial charge in [-0.1, -0.05) is 6.08 Å². The van der Waals surface area contributed by atoms with Crippen molar-refractivity contribution >= 4 is 5.95 Å². The number of hydrogen-bond acceptors (Lipinski definition) is 3. The van der Waals surface area contributed by atoms with Gasteiger partial charge in [-0.25, -0.2) is 4.98 Å². The zero-order valence-corrected chi connectivity index (χ0v) is 8.59. The lowest BCUT2D eigenvalue weighted by molar-refractivity contribution is 0.767. The minimum Gasteiger partial charge on any atom is -0.352 e. The molecule has 0 amide bonds. The molecule has 1 N–H and O–H groups in total. The summed E-state index contributed by atoms with van der Waals surface area (Å²) in [6.07, 6.45) is 9.16. The molecule has 2 rings (SSSR count). The maximum Gasteiger partial charge on any atom is 0.207 e. The van der Waals surface area contributed by atoms with Crippen LogP contribution in [0.25, 0.3) is 5.69 Å². The van der Waals surface area contributed by atoms with Gasteiger partial charge in [-0.05, 0) is 0 Å². The highest BCUT2D eigenvalue weighted by Gasteiger charge is 2.04. The molecule has 0 aliphatic heterocycles. The van der Waals surface area contributed by atoms with Crippen molar-refractivity contribution in [3.05, 3.63) is 37.4 Å². The van der Waals surface area contributed by atoms with E-state index in [4.69, 9.17) is 0 Å². The van der Waals surface area contributed by atoms with Crippen molar-refractivity contribution in [1.29, 1.82) is 0 Å². The standard InChI is InChI=1S/C10H13N5/c1-3-4-11-10-12-5-6-15(10)9-7-13-14(2)8-9/h3,5-8H,1,4H2,2H3,(H,11,12). The van der Waals surface area contributed by atoms with Gasteiger partial charge < -0.3 is 5.32 Å². The van der Waals surface area contributed by atoms with E-state index in [-0.39, 0.29) is 0 Å². The van der Waals surface area contributed by atoms with E-state index >= 15 is 0 Å². The average molecular weight is 203 g/mol. The van der Waals surface area contributed by atoms with E-state index in [0.29, 0.717) is 6.54 Å². The van der Waals surface area contributed by atoms with Crippen LogP contribution in [0.2, 0.25) is 0 Å². The lowest BCUT2D eigenvalue weighted by atomic mass is 10.5. The Bertz CT molecular complexity index is 454. The van der Waals surface area contributed by atoms with E-state index in [0.717, 1.165) is 11.6 Å². The second-order valence-electron chi connectivity index (χ2n) is 3.16. The first-order valence-electron chi connectivity index (χ1n) is 4.68. The molecular formula is C10H13N5. The predicted octanol–water partition coefficient (Wildman–Crippen LogP) is 1.20. The molecule has 0 spiro atoms. The SMILES string of the molecule is C=CCNc1nccn1-c1cnn(C)c1. The van der Waals surface area contributed by atoms with Crippen LogP contribution in [0.1, 0.15) is 0 Å². The molecule has 0 unspecified atom stereocenters. The molecule has 78 valence electrons. The van der Waals surface area contributed by atoms with Gasteiger partial charge in [0.2, 0.25) is 5.95 Å². The number of hydrogen-bond donors (Lipinski definition) is 1. The summed E-state index contributed by atoms with van der Waals surface area (Å²) in [7, 11) is 1.89. The summed E-state index contributed by atoms with van der Waals surface area (Å²) in [5.41, 5.74) is 0.988. The van der Waals surface area contributed by atoms with Crippen LogP contribution in [0, 0.1) is 0 Å². The van der Waals surface area contributed by atoms with Crippen LogP contribution in [0.3, 0.4) is 0 Å². The lowest BCUT2D eigenvalue weighted by Gasteiger charge is -2.05. The molecule has 0 fully saturated rings. The summed E-state index contributed by atoms with van der Waals surface area (Å²) in [5.74, 6) is 0.794. The highest BCUT2D eigenvalue weighted by Crippen LogP contribution is 2.12. The van der Waals surface area contributed by atoms with Gasteiger partial charge in [0.25, 0.3) is 0 Å². The Morgan fingerprint density at radius 1 is 1.60 bits per heavy atom. The van der Waals surface area contributed by atoms with Crippen molar-refractivity contribution in [2.24, 2.45) is 7.05 Å². The zero-order valence-electron chi connectivity index (χ0n) is 8.59. The number of anilines is 1. The average Bonchev–Trinajstić information content (AvgIpc) is 2.82. The summed E-state index contributed by atoms with van der Waals surface area (Å²) in [5, 5.41) is 7.26. The lowest BCUT2D eigenvalue weighted by Crippen LogP contribution is -2.05. The highest BCUT2D eigenvalue weighted by molar-refractivity contribution is 5.39. The fraction of sp³-hybridized carbons (Fsp3) is 0.200. The van der Waals surface area contributed by atoms with Crippen molar-refractivity contribution < 1.29 is 0 Å². The van der Waals surface area contributed by atoms with Gasteiger partial charge in [-0.3, -0.25) is 9.25 Å². The molecule has 0 saturated carbocycles. The molecule has 0 bridgehead atoms. The van der Waals surface area contributed by atoms with E-state index in [9.17, 15) is 0 Å². The smallest absolute Gasteiger partial charge is 0.207 e. The van der Waals surface area contributed by atoms with E-state index in [2.05, 4.69) is 22.0 Å². The summed E-state index contributed by atoms with van der Waals surface area (Å²) in [6.45, 7) is 4.34. The summed E-state index contributed by atoms with van der Waals surface area (Å²) in [6, 6.07) is 0. The minimum absolute atomic E-state index is 0.692. The van der Waals surface area contributed by atoms with Crippen molar-refractivity contribution in [3.63, 3.8) is 0 Å². The molecular weight excluding hydrogens is 190 g/mol. The van der Waals surface area contributed by atoms with Gasteiger partial charge >= 0.3 is 0 Å². The number of aromatic nitrogens is 4. The molecule has 0 radical (unpaired) electrons. The normalized spacial score (nSPS) is 10.2. The Hall–Kier alpha value is -2.04. The third-order valence-corrected chi connectivity index (χ3v) is 2.01. The van der Waals surface area contributed by atoms with Gasteiger partial charge in [0.1, 0.15) is 0 Å². The van der Waals surface area contributed by atoms with Crippen LogP contribution < -0.4 is 5.32 Å². The van der Waals surface area contributed by atoms with Gasteiger partial charge in [-0.2, -0.15) is 5.10 Å². The van der Waals surface area contributed by atoms with E-state index < -0.39 is 0 Å². The van der Waals surface area contributed by atoms with Crippen LogP contribution >= 0.6 is 0 Å². The Kier molecular flexibility index (Phi) is 2.53. The summed E-state index contributed by atoms with van der Waals surface area (Å²) in [4.78, 5) is 4.21. The van der Waals surface area contributed by atoms with Crippen molar-refractivity contribution in [3.8, 4) is 5.69 Å². The second kappa shape index (κ2) is 4.00. The molecule has 5 nitrogen and oxygen atoms in total. The molecule has 0 atom stereocenters. The van der Waals surface area contributed by atoms with E-state index in [1.54, 1.807) is 23.2 Å². The third kappa shape index (κ3) is 1.90. The van der Waals surface area contributed by atoms with Gasteiger partial charge in [0.05, 0.1) is 11.9 Å². The van der Waals surface area contributed by atoms with Crippen LogP contribution in [-0.2, 0) is 7.05 Å². The largest absolute Gasteiger partial charge is 0.352 e. The molecule has 5 heteroatoms. The maximum absolute atomic E-state index is 4.21. The zero-order chi connectivity index (χ0) is 10.7. The van der Waals surface area contributed by atoms with Gasteiger partial charge in [0.15, 0.2) is 0 Å². The Labute approximate surface area is 88.1 Å². The van der Waals surface area contributed by atoms with Crippen LogP contribution in [0.4, 0.5) is 5.95 Å². The van der Waals surface area contributed by atoms with Gasteiger partial charge in [0, 0.05) is 32.2 Å². The molecule has 0 aliphatic rings. The third-order valence-electron chi connectivity index (χ3n) is 2.01. The van der Waals surface area contributed by atoms with Crippen molar-refractivity contribution in [2.45, 2.75) is 0 Å². The van der Waals surface area contributed by atoms with Crippen LogP contribution in [-0.4, -0.2) is 25.9 Å². The fourth-order valence-electron chi connectivity index (χ4n) is 1.34. The first-order valence-corrected chi connectivity index (χ1v) is 4.68. The monoisotopic (exact) mass is 203 g/mol. The number of imidazole rings is 1. The molecule has 0 aromatic carbocycles. The highest BCUT2D eigenvalue weighted by atomic mass is 15.3. The first-order chi connectivity index (χ1) is 7.31. The van der Waals surface area contributed by atoms with E-state index in [1.165, 1.54) is 0 Å². The van der Waals surface area contributed by atoms with Crippen LogP contribution in [0.5, 0.6) is 0 Å².